The molecule has 0 bridgehead atoms. The molecule has 2 rings (SSSR count). The van der Waals surface area contributed by atoms with Crippen molar-refractivity contribution in [1.82, 2.24) is 10.3 Å². The number of nitrogens with zero attached hydrogens (tertiary/aromatic N) is 1. The lowest BCUT2D eigenvalue weighted by Gasteiger charge is -2.08. The van der Waals surface area contributed by atoms with E-state index in [4.69, 9.17) is 16.3 Å². The number of benzene rings is 1. The second-order valence-corrected chi connectivity index (χ2v) is 5.88. The number of aromatic nitrogens is 1. The predicted molar refractivity (Wildman–Crippen MR) is 92.8 cm³/mol. The molecule has 25 heavy (non-hydrogen) atoms. The van der Waals surface area contributed by atoms with Gasteiger partial charge >= 0.3 is 5.97 Å². The van der Waals surface area contributed by atoms with Crippen molar-refractivity contribution in [3.05, 3.63) is 63.9 Å². The average molecular weight is 361 g/mol. The average Bonchev–Trinajstić information content (AvgIpc) is 2.57. The number of ketones is 1. The van der Waals surface area contributed by atoms with Gasteiger partial charge in [0.25, 0.3) is 5.91 Å². The molecule has 6 nitrogen and oxygen atoms in total. The van der Waals surface area contributed by atoms with Gasteiger partial charge in [0.2, 0.25) is 5.78 Å². The molecule has 7 heteroatoms. The molecule has 0 spiro atoms. The minimum absolute atomic E-state index is 0.0895. The van der Waals surface area contributed by atoms with Crippen LogP contribution in [0.5, 0.6) is 0 Å². The summed E-state index contributed by atoms with van der Waals surface area (Å²) in [6, 6.07) is 8.32. The molecule has 1 amide bonds. The maximum Gasteiger partial charge on any atom is 0.325 e. The quantitative estimate of drug-likeness (QED) is 0.632. The number of rotatable bonds is 6. The van der Waals surface area contributed by atoms with Crippen LogP contribution in [0.15, 0.2) is 36.5 Å². The second kappa shape index (κ2) is 8.39. The van der Waals surface area contributed by atoms with E-state index in [9.17, 15) is 14.4 Å². The van der Waals surface area contributed by atoms with Crippen LogP contribution in [0, 0.1) is 13.8 Å². The van der Waals surface area contributed by atoms with E-state index in [1.54, 1.807) is 6.07 Å². The third kappa shape index (κ3) is 5.39. The number of hydrogen-bond donors (Lipinski definition) is 1. The summed E-state index contributed by atoms with van der Waals surface area (Å²) < 4.78 is 4.90. The summed E-state index contributed by atoms with van der Waals surface area (Å²) >= 11 is 5.77. The summed E-state index contributed by atoms with van der Waals surface area (Å²) in [6.45, 7) is 3.00. The van der Waals surface area contributed by atoms with Crippen molar-refractivity contribution in [2.24, 2.45) is 0 Å². The maximum absolute atomic E-state index is 12.1. The third-order valence-corrected chi connectivity index (χ3v) is 3.63. The smallest absolute Gasteiger partial charge is 0.325 e. The first-order valence-corrected chi connectivity index (χ1v) is 7.90. The number of pyridine rings is 1. The van der Waals surface area contributed by atoms with Crippen LogP contribution >= 0.6 is 11.6 Å². The Hall–Kier alpha value is -2.73. The minimum atomic E-state index is -0.714. The molecule has 1 aromatic heterocycles. The van der Waals surface area contributed by atoms with Crippen molar-refractivity contribution in [3.63, 3.8) is 0 Å². The van der Waals surface area contributed by atoms with Gasteiger partial charge < -0.3 is 10.1 Å². The number of amides is 1. The normalized spacial score (nSPS) is 10.2. The highest BCUT2D eigenvalue weighted by Gasteiger charge is 2.14. The van der Waals surface area contributed by atoms with Gasteiger partial charge in [-0.15, -0.1) is 0 Å². The van der Waals surface area contributed by atoms with Gasteiger partial charge in [-0.25, -0.2) is 0 Å². The van der Waals surface area contributed by atoms with Crippen LogP contribution in [-0.2, 0) is 9.53 Å². The lowest BCUT2D eigenvalue weighted by Crippen LogP contribution is -2.32. The number of hydrogen-bond acceptors (Lipinski definition) is 5. The van der Waals surface area contributed by atoms with E-state index in [-0.39, 0.29) is 24.6 Å². The van der Waals surface area contributed by atoms with Gasteiger partial charge in [-0.1, -0.05) is 35.4 Å². The Morgan fingerprint density at radius 3 is 2.60 bits per heavy atom. The van der Waals surface area contributed by atoms with Crippen LogP contribution in [0.4, 0.5) is 0 Å². The number of carbonyl (C=O) groups is 3. The number of carbonyl (C=O) groups excluding carboxylic acids is 3. The Labute approximate surface area is 150 Å². The summed E-state index contributed by atoms with van der Waals surface area (Å²) in [7, 11) is 0. The standard InChI is InChI=1S/C18H17ClN2O4/c1-11-3-4-14(12(2)7-11)16(22)10-25-17(23)9-21-18(24)15-8-13(19)5-6-20-15/h3-8H,9-10H2,1-2H3,(H,21,24). The van der Waals surface area contributed by atoms with E-state index in [2.05, 4.69) is 10.3 Å². The molecule has 0 aliphatic heterocycles. The molecule has 0 fully saturated rings. The molecule has 0 aliphatic carbocycles. The molecular formula is C18H17ClN2O4. The monoisotopic (exact) mass is 360 g/mol. The molecule has 1 heterocycles. The van der Waals surface area contributed by atoms with Crippen LogP contribution in [0.2, 0.25) is 5.02 Å². The second-order valence-electron chi connectivity index (χ2n) is 5.44. The van der Waals surface area contributed by atoms with Crippen molar-refractivity contribution < 1.29 is 19.1 Å². The Morgan fingerprint density at radius 2 is 1.92 bits per heavy atom. The molecule has 0 radical (unpaired) electrons. The number of esters is 1. The topological polar surface area (TPSA) is 85.4 Å². The van der Waals surface area contributed by atoms with Crippen molar-refractivity contribution in [2.45, 2.75) is 13.8 Å². The van der Waals surface area contributed by atoms with Gasteiger partial charge in [0.05, 0.1) is 0 Å². The molecule has 0 aliphatic rings. The summed E-state index contributed by atoms with van der Waals surface area (Å²) in [5.74, 6) is -1.57. The highest BCUT2D eigenvalue weighted by Crippen LogP contribution is 2.11. The van der Waals surface area contributed by atoms with Crippen LogP contribution in [0.25, 0.3) is 0 Å². The fourth-order valence-corrected chi connectivity index (χ4v) is 2.33. The number of nitrogens with one attached hydrogen (secondary N) is 1. The highest BCUT2D eigenvalue weighted by molar-refractivity contribution is 6.30. The molecule has 0 saturated carbocycles. The lowest BCUT2D eigenvalue weighted by molar-refractivity contribution is -0.141. The fourth-order valence-electron chi connectivity index (χ4n) is 2.17. The van der Waals surface area contributed by atoms with E-state index in [0.29, 0.717) is 10.6 Å². The Kier molecular flexibility index (Phi) is 6.25. The minimum Gasteiger partial charge on any atom is -0.456 e. The summed E-state index contributed by atoms with van der Waals surface area (Å²) in [6.07, 6.45) is 1.39. The van der Waals surface area contributed by atoms with E-state index in [1.165, 1.54) is 18.3 Å². The van der Waals surface area contributed by atoms with Gasteiger partial charge in [0.15, 0.2) is 6.61 Å². The summed E-state index contributed by atoms with van der Waals surface area (Å²) in [5.41, 5.74) is 2.46. The molecule has 1 N–H and O–H groups in total. The van der Waals surface area contributed by atoms with Crippen LogP contribution in [0.3, 0.4) is 0 Å². The van der Waals surface area contributed by atoms with E-state index < -0.39 is 11.9 Å². The van der Waals surface area contributed by atoms with Crippen molar-refractivity contribution in [2.75, 3.05) is 13.2 Å². The highest BCUT2D eigenvalue weighted by atomic mass is 35.5. The Bertz CT molecular complexity index is 820. The zero-order valence-electron chi connectivity index (χ0n) is 13.8. The number of Topliss-reactive ketones (excluding diaryl/α,β-unsaturated/α-hetero) is 1. The van der Waals surface area contributed by atoms with Crippen LogP contribution < -0.4 is 5.32 Å². The largest absolute Gasteiger partial charge is 0.456 e. The zero-order valence-corrected chi connectivity index (χ0v) is 14.6. The molecule has 0 saturated heterocycles. The van der Waals surface area contributed by atoms with Crippen LogP contribution in [0.1, 0.15) is 32.0 Å². The lowest BCUT2D eigenvalue weighted by atomic mass is 10.0. The van der Waals surface area contributed by atoms with E-state index in [1.807, 2.05) is 26.0 Å². The number of aryl methyl sites for hydroxylation is 2. The zero-order chi connectivity index (χ0) is 18.4. The third-order valence-electron chi connectivity index (χ3n) is 3.39. The Balaban J connectivity index is 1.82. The van der Waals surface area contributed by atoms with Gasteiger partial charge in [-0.2, -0.15) is 0 Å². The maximum atomic E-state index is 12.1. The first-order chi connectivity index (χ1) is 11.9. The Morgan fingerprint density at radius 1 is 1.16 bits per heavy atom. The molecule has 130 valence electrons. The van der Waals surface area contributed by atoms with Gasteiger partial charge in [0, 0.05) is 16.8 Å². The molecule has 0 atom stereocenters. The van der Waals surface area contributed by atoms with Crippen molar-refractivity contribution in [3.8, 4) is 0 Å². The predicted octanol–water partition coefficient (Wildman–Crippen LogP) is 2.51. The van der Waals surface area contributed by atoms with Crippen molar-refractivity contribution >= 4 is 29.3 Å². The van der Waals surface area contributed by atoms with Crippen molar-refractivity contribution in [1.29, 1.82) is 0 Å². The molecule has 0 unspecified atom stereocenters. The summed E-state index contributed by atoms with van der Waals surface area (Å²) in [4.78, 5) is 39.4. The molecule has 1 aromatic carbocycles. The molecular weight excluding hydrogens is 344 g/mol. The fraction of sp³-hybridized carbons (Fsp3) is 0.222. The molecule has 2 aromatic rings. The number of ether oxygens (including phenoxy) is 1. The van der Waals surface area contributed by atoms with Gasteiger partial charge in [-0.3, -0.25) is 19.4 Å². The van der Waals surface area contributed by atoms with E-state index in [0.717, 1.165) is 11.1 Å². The van der Waals surface area contributed by atoms with Gasteiger partial charge in [0.1, 0.15) is 12.2 Å². The first-order valence-electron chi connectivity index (χ1n) is 7.52. The van der Waals surface area contributed by atoms with E-state index >= 15 is 0 Å². The van der Waals surface area contributed by atoms with Gasteiger partial charge in [-0.05, 0) is 31.5 Å². The number of halogens is 1. The SMILES string of the molecule is Cc1ccc(C(=O)COC(=O)CNC(=O)c2cc(Cl)ccn2)c(C)c1. The summed E-state index contributed by atoms with van der Waals surface area (Å²) in [5, 5.41) is 2.73. The first kappa shape index (κ1) is 18.6. The van der Waals surface area contributed by atoms with Crippen LogP contribution in [-0.4, -0.2) is 35.8 Å².